The van der Waals surface area contributed by atoms with E-state index in [2.05, 4.69) is 16.2 Å². The van der Waals surface area contributed by atoms with E-state index in [0.29, 0.717) is 0 Å². The van der Waals surface area contributed by atoms with E-state index >= 15 is 0 Å². The van der Waals surface area contributed by atoms with Crippen LogP contribution in [0.2, 0.25) is 0 Å². The molecule has 0 fully saturated rings. The monoisotopic (exact) mass is 182 g/mol. The van der Waals surface area contributed by atoms with Gasteiger partial charge in [-0.25, -0.2) is 0 Å². The van der Waals surface area contributed by atoms with E-state index in [-0.39, 0.29) is 32.7 Å². The molecule has 0 aromatic carbocycles. The molecular weight excluding hydrogens is 177 g/mol. The van der Waals surface area contributed by atoms with Crippen LogP contribution in [0.15, 0.2) is 12.5 Å². The Morgan fingerprint density at radius 1 is 1.62 bits per heavy atom. The summed E-state index contributed by atoms with van der Waals surface area (Å²) in [4.78, 5) is 7.39. The third-order valence-electron chi connectivity index (χ3n) is 0.633. The zero-order valence-electron chi connectivity index (χ0n) is 4.63. The van der Waals surface area contributed by atoms with Crippen molar-refractivity contribution in [1.29, 1.82) is 0 Å². The first-order valence-electron chi connectivity index (χ1n) is 2.04. The van der Waals surface area contributed by atoms with Crippen molar-refractivity contribution in [3.05, 3.63) is 24.3 Å². The van der Waals surface area contributed by atoms with Crippen LogP contribution in [0.4, 0.5) is 0 Å². The Hall–Kier alpha value is 0.184. The van der Waals surface area contributed by atoms with Gasteiger partial charge in [0.25, 0.3) is 0 Å². The maximum atomic E-state index is 3.74. The van der Waals surface area contributed by atoms with Crippen LogP contribution < -0.4 is 0 Å². The van der Waals surface area contributed by atoms with Crippen molar-refractivity contribution >= 4 is 0 Å². The molecule has 0 aliphatic rings. The van der Waals surface area contributed by atoms with E-state index < -0.39 is 0 Å². The third kappa shape index (κ3) is 2.48. The molecule has 39 valence electrons. The number of hydrogen-bond acceptors (Lipinski definition) is 2. The largest absolute Gasteiger partial charge is 0.376 e. The van der Waals surface area contributed by atoms with Crippen molar-refractivity contribution in [3.63, 3.8) is 0 Å². The summed E-state index contributed by atoms with van der Waals surface area (Å²) < 4.78 is 0. The fraction of sp³-hybridized carbons (Fsp3) is 0.200. The molecule has 1 aromatic heterocycles. The Morgan fingerprint density at radius 3 is 2.62 bits per heavy atom. The van der Waals surface area contributed by atoms with E-state index in [0.717, 1.165) is 5.56 Å². The summed E-state index contributed by atoms with van der Waals surface area (Å²) in [7, 11) is 0. The van der Waals surface area contributed by atoms with Gasteiger partial charge in [0, 0.05) is 32.7 Å². The minimum Gasteiger partial charge on any atom is -0.376 e. The maximum Gasteiger partial charge on any atom is 0 e. The van der Waals surface area contributed by atoms with Gasteiger partial charge in [0.05, 0.1) is 0 Å². The van der Waals surface area contributed by atoms with Gasteiger partial charge < -0.3 is 9.97 Å². The predicted octanol–water partition coefficient (Wildman–Crippen LogP) is 0.583. The normalized spacial score (nSPS) is 7.62. The maximum absolute atomic E-state index is 3.74. The summed E-state index contributed by atoms with van der Waals surface area (Å²) in [6.07, 6.45) is 5.90. The molecule has 2 nitrogen and oxygen atoms in total. The number of rotatable bonds is 0. The first kappa shape index (κ1) is 8.18. The van der Waals surface area contributed by atoms with Crippen molar-refractivity contribution in [2.75, 3.05) is 0 Å². The molecule has 1 heterocycles. The molecule has 3 heteroatoms. The number of nitrogens with zero attached hydrogens (tertiary/aromatic N) is 2. The second-order valence-electron chi connectivity index (χ2n) is 1.32. The van der Waals surface area contributed by atoms with Crippen molar-refractivity contribution in [3.8, 4) is 0 Å². The van der Waals surface area contributed by atoms with E-state index in [1.807, 2.05) is 6.92 Å². The van der Waals surface area contributed by atoms with Crippen LogP contribution in [0.25, 0.3) is 0 Å². The SMILES string of the molecule is Cc1[c-]ncnc1.[Y]. The zero-order valence-corrected chi connectivity index (χ0v) is 7.46. The third-order valence-corrected chi connectivity index (χ3v) is 0.633. The molecule has 1 radical (unpaired) electrons. The Balaban J connectivity index is 0.000000490. The Labute approximate surface area is 73.6 Å². The summed E-state index contributed by atoms with van der Waals surface area (Å²) in [6, 6.07) is 0. The molecular formula is C5H5N2Y-. The van der Waals surface area contributed by atoms with Crippen LogP contribution in [0.5, 0.6) is 0 Å². The Kier molecular flexibility index (Phi) is 4.20. The second-order valence-corrected chi connectivity index (χ2v) is 1.32. The van der Waals surface area contributed by atoms with Crippen LogP contribution in [0.3, 0.4) is 0 Å². The first-order valence-corrected chi connectivity index (χ1v) is 2.04. The summed E-state index contributed by atoms with van der Waals surface area (Å²) in [5, 5.41) is 0. The molecule has 0 atom stereocenters. The summed E-state index contributed by atoms with van der Waals surface area (Å²) in [6.45, 7) is 1.90. The molecule has 1 aromatic rings. The Bertz CT molecular complexity index is 140. The molecule has 0 unspecified atom stereocenters. The van der Waals surface area contributed by atoms with Gasteiger partial charge in [0.15, 0.2) is 0 Å². The van der Waals surface area contributed by atoms with Gasteiger partial charge in [0.1, 0.15) is 0 Å². The first-order chi connectivity index (χ1) is 3.39. The molecule has 0 saturated heterocycles. The number of aromatic nitrogens is 2. The second kappa shape index (κ2) is 4.10. The molecule has 0 spiro atoms. The fourth-order valence-electron chi connectivity index (χ4n) is 0.338. The molecule has 0 amide bonds. The van der Waals surface area contributed by atoms with Gasteiger partial charge in [-0.05, 0) is 6.33 Å². The molecule has 1 rings (SSSR count). The van der Waals surface area contributed by atoms with Crippen molar-refractivity contribution < 1.29 is 32.7 Å². The van der Waals surface area contributed by atoms with Crippen molar-refractivity contribution in [1.82, 2.24) is 9.97 Å². The molecule has 0 saturated carbocycles. The van der Waals surface area contributed by atoms with E-state index in [1.165, 1.54) is 6.33 Å². The quantitative estimate of drug-likeness (QED) is 0.548. The van der Waals surface area contributed by atoms with E-state index in [4.69, 9.17) is 0 Å². The molecule has 0 aliphatic carbocycles. The smallest absolute Gasteiger partial charge is 0 e. The predicted molar refractivity (Wildman–Crippen MR) is 25.6 cm³/mol. The molecule has 0 aliphatic heterocycles. The van der Waals surface area contributed by atoms with Crippen LogP contribution in [-0.2, 0) is 32.7 Å². The summed E-state index contributed by atoms with van der Waals surface area (Å²) in [5.74, 6) is 0. The van der Waals surface area contributed by atoms with Gasteiger partial charge in [-0.15, -0.1) is 5.56 Å². The zero-order chi connectivity index (χ0) is 5.11. The van der Waals surface area contributed by atoms with Crippen LogP contribution in [0, 0.1) is 13.1 Å². The van der Waals surface area contributed by atoms with Crippen LogP contribution in [0.1, 0.15) is 5.56 Å². The number of aryl methyl sites for hydroxylation is 1. The molecule has 8 heavy (non-hydrogen) atoms. The topological polar surface area (TPSA) is 25.8 Å². The standard InChI is InChI=1S/C5H5N2.Y/c1-5-2-6-4-7-3-5;/h2,4H,1H3;/q-1;. The van der Waals surface area contributed by atoms with E-state index in [9.17, 15) is 0 Å². The van der Waals surface area contributed by atoms with Crippen LogP contribution >= 0.6 is 0 Å². The molecule has 0 N–H and O–H groups in total. The van der Waals surface area contributed by atoms with Gasteiger partial charge in [-0.2, -0.15) is 0 Å². The fourth-order valence-corrected chi connectivity index (χ4v) is 0.338. The minimum atomic E-state index is 0. The average molecular weight is 182 g/mol. The van der Waals surface area contributed by atoms with Crippen molar-refractivity contribution in [2.24, 2.45) is 0 Å². The molecule has 0 bridgehead atoms. The van der Waals surface area contributed by atoms with Crippen molar-refractivity contribution in [2.45, 2.75) is 6.92 Å². The van der Waals surface area contributed by atoms with Gasteiger partial charge in [-0.1, -0.05) is 19.3 Å². The number of hydrogen-bond donors (Lipinski definition) is 0. The average Bonchev–Trinajstić information content (AvgIpc) is 1.69. The summed E-state index contributed by atoms with van der Waals surface area (Å²) in [5.41, 5.74) is 0.975. The van der Waals surface area contributed by atoms with Crippen LogP contribution in [-0.4, -0.2) is 9.97 Å². The van der Waals surface area contributed by atoms with Gasteiger partial charge in [-0.3, -0.25) is 0 Å². The van der Waals surface area contributed by atoms with Gasteiger partial charge >= 0.3 is 0 Å². The Morgan fingerprint density at radius 2 is 2.38 bits per heavy atom. The van der Waals surface area contributed by atoms with Gasteiger partial charge in [0.2, 0.25) is 0 Å². The minimum absolute atomic E-state index is 0. The van der Waals surface area contributed by atoms with E-state index in [1.54, 1.807) is 6.20 Å². The summed E-state index contributed by atoms with van der Waals surface area (Å²) >= 11 is 0.